The zero-order valence-electron chi connectivity index (χ0n) is 67.9. The minimum absolute atomic E-state index is 0. The Balaban J connectivity index is 0.000000183. The van der Waals surface area contributed by atoms with E-state index in [0.29, 0.717) is 62.3 Å². The van der Waals surface area contributed by atoms with Gasteiger partial charge in [-0.05, 0) is 205 Å². The van der Waals surface area contributed by atoms with Gasteiger partial charge in [0.15, 0.2) is 11.6 Å². The lowest BCUT2D eigenvalue weighted by Crippen LogP contribution is -2.52. The Kier molecular flexibility index (Phi) is 29.2. The number of ether oxygens (including phenoxy) is 2. The predicted molar refractivity (Wildman–Crippen MR) is 478 cm³/mol. The number of benzene rings is 4. The summed E-state index contributed by atoms with van der Waals surface area (Å²) in [5.74, 6) is 3.07. The van der Waals surface area contributed by atoms with Crippen molar-refractivity contribution in [3.63, 3.8) is 0 Å². The average molecular weight is 1700 g/mol. The van der Waals surface area contributed by atoms with Gasteiger partial charge < -0.3 is 68.8 Å². The fraction of sp³-hybridized carbons (Fsp3) is 0.548. The number of piperazine rings is 2. The summed E-state index contributed by atoms with van der Waals surface area (Å²) in [6.07, 6.45) is 20.3. The van der Waals surface area contributed by atoms with Gasteiger partial charge in [-0.2, -0.15) is 20.2 Å². The standard InChI is InChI=1S/C38H51ClN9O2P.C31H42BrClN7O2P.C13H21BN2O2.2CH4/c1-6-26-21-32(35(50-3)23-34(26)47-15-12-28(13-16-47)46-19-17-45(2)18-20-46)43-38-40-25-30(39)37(44-38)42-31-11-10-27(22-36(31)51(4,5)49)29-24-41-48-14-8-7-9-33(29)48;1-6-21-17-26(28(42-3)19-27(21)40-11-9-23(10-12-40)39-15-13-38(2)14-16-39)36-31-34-20-24(33)30(37-31)35-25-8-7-22(32)18-29(25)43(4,5)41;1-12(2)13(3,4)18-14(17-12)10-9-15-16-8-6-5-7-11(10)16;;/h10-11,21-25,28H,6-9,12-20H2,1-5H3,(H2,40,42,43,44);7-8,17-20,23H,6,9-16H2,1-5H3,(H2,34,35,36,37);9H,5-8H2,1-4H3;2*1H4. The highest BCUT2D eigenvalue weighted by Crippen LogP contribution is 2.45. The van der Waals surface area contributed by atoms with Crippen molar-refractivity contribution in [1.29, 1.82) is 0 Å². The zero-order chi connectivity index (χ0) is 79.4. The van der Waals surface area contributed by atoms with Crippen molar-refractivity contribution in [1.82, 2.24) is 59.1 Å². The number of piperidine rings is 2. The van der Waals surface area contributed by atoms with Gasteiger partial charge in [-0.1, -0.05) is 73.9 Å². The molecule has 4 aromatic heterocycles. The van der Waals surface area contributed by atoms with Crippen LogP contribution < -0.4 is 56.6 Å². The summed E-state index contributed by atoms with van der Waals surface area (Å²) in [5, 5.41) is 24.6. The molecule has 4 N–H and O–H groups in total. The summed E-state index contributed by atoms with van der Waals surface area (Å²) < 4.78 is 55.7. The number of fused-ring (bicyclic) bond motifs is 2. The number of aryl methyl sites for hydroxylation is 4. The number of anilines is 10. The number of rotatable bonds is 20. The Labute approximate surface area is 696 Å². The Bertz CT molecular complexity index is 4700. The van der Waals surface area contributed by atoms with Gasteiger partial charge in [0, 0.05) is 171 Å². The van der Waals surface area contributed by atoms with Gasteiger partial charge >= 0.3 is 7.12 Å². The molecule has 0 aliphatic carbocycles. The normalized spacial score (nSPS) is 18.4. The van der Waals surface area contributed by atoms with Crippen molar-refractivity contribution < 1.29 is 27.9 Å². The largest absolute Gasteiger partial charge is 0.498 e. The lowest BCUT2D eigenvalue weighted by Gasteiger charge is -2.43. The molecule has 0 amide bonds. The maximum Gasteiger partial charge on any atom is 0.498 e. The van der Waals surface area contributed by atoms with Gasteiger partial charge in [-0.15, -0.1) is 0 Å². The third kappa shape index (κ3) is 20.5. The van der Waals surface area contributed by atoms with Crippen LogP contribution in [0.15, 0.2) is 89.9 Å². The second kappa shape index (κ2) is 37.9. The second-order valence-corrected chi connectivity index (χ2v) is 40.7. The van der Waals surface area contributed by atoms with E-state index in [1.165, 1.54) is 98.6 Å². The molecule has 5 fully saturated rings. The number of likely N-dealkylation sites (N-methyl/N-ethyl adjacent to an activating group) is 2. The van der Waals surface area contributed by atoms with Crippen molar-refractivity contribution in [3.05, 3.63) is 122 Å². The van der Waals surface area contributed by atoms with Gasteiger partial charge in [0.25, 0.3) is 0 Å². The summed E-state index contributed by atoms with van der Waals surface area (Å²) in [7, 11) is 2.28. The number of nitrogens with zero attached hydrogens (tertiary/aromatic N) is 14. The fourth-order valence-electron chi connectivity index (χ4n) is 16.3. The van der Waals surface area contributed by atoms with Crippen LogP contribution >= 0.6 is 53.4 Å². The van der Waals surface area contributed by atoms with Gasteiger partial charge in [0.1, 0.15) is 35.8 Å². The van der Waals surface area contributed by atoms with Crippen LogP contribution in [0.2, 0.25) is 10.0 Å². The van der Waals surface area contributed by atoms with E-state index in [2.05, 4.69) is 187 Å². The number of hydrogen-bond donors (Lipinski definition) is 4. The van der Waals surface area contributed by atoms with Crippen LogP contribution in [0.25, 0.3) is 11.1 Å². The van der Waals surface area contributed by atoms with E-state index in [1.54, 1.807) is 53.3 Å². The maximum atomic E-state index is 13.6. The molecule has 4 aromatic carbocycles. The van der Waals surface area contributed by atoms with Crippen LogP contribution in [0, 0.1) is 0 Å². The van der Waals surface area contributed by atoms with Crippen molar-refractivity contribution in [2.75, 3.05) is 165 Å². The number of nitrogens with one attached hydrogen (secondary N) is 4. The first-order valence-corrected chi connectivity index (χ1v) is 46.7. The second-order valence-electron chi connectivity index (χ2n) is 32.6. The molecular weight excluding hydrogens is 1580 g/mol. The lowest BCUT2D eigenvalue weighted by molar-refractivity contribution is 0.00578. The molecule has 0 unspecified atom stereocenters. The third-order valence-electron chi connectivity index (χ3n) is 23.7. The monoisotopic (exact) mass is 1700 g/mol. The molecule has 8 aromatic rings. The molecule has 5 saturated heterocycles. The first kappa shape index (κ1) is 88.0. The average Bonchev–Trinajstić information content (AvgIpc) is 1.60. The summed E-state index contributed by atoms with van der Waals surface area (Å²) in [6.45, 7) is 35.2. The van der Waals surface area contributed by atoms with E-state index in [-0.39, 0.29) is 33.2 Å². The molecule has 11 heterocycles. The van der Waals surface area contributed by atoms with E-state index in [0.717, 1.165) is 153 Å². The maximum absolute atomic E-state index is 13.6. The molecule has 30 heteroatoms. The smallest absolute Gasteiger partial charge is 0.494 e. The molecule has 618 valence electrons. The number of methoxy groups -OCH3 is 2. The highest BCUT2D eigenvalue weighted by Gasteiger charge is 2.53. The third-order valence-corrected chi connectivity index (χ3v) is 27.8. The first-order valence-electron chi connectivity index (χ1n) is 40.0. The highest BCUT2D eigenvalue weighted by molar-refractivity contribution is 9.10. The molecule has 7 aliphatic rings. The van der Waals surface area contributed by atoms with Crippen LogP contribution in [0.1, 0.15) is 130 Å². The van der Waals surface area contributed by atoms with Crippen LogP contribution in [0.5, 0.6) is 11.5 Å². The molecule has 24 nitrogen and oxygen atoms in total. The Morgan fingerprint density at radius 3 is 1.41 bits per heavy atom. The summed E-state index contributed by atoms with van der Waals surface area (Å²) in [4.78, 5) is 33.6. The van der Waals surface area contributed by atoms with Crippen LogP contribution in [0.4, 0.5) is 57.7 Å². The van der Waals surface area contributed by atoms with E-state index in [1.807, 2.05) is 42.7 Å². The highest BCUT2D eigenvalue weighted by atomic mass is 79.9. The van der Waals surface area contributed by atoms with Crippen molar-refractivity contribution in [2.45, 2.75) is 170 Å². The Morgan fingerprint density at radius 2 is 0.965 bits per heavy atom. The van der Waals surface area contributed by atoms with Gasteiger partial charge in [-0.25, -0.2) is 9.97 Å². The SMILES string of the molecule is C.C.CC1(C)OB(c2cnn3c2CCCC3)OC1(C)C.CCc1cc(Nc2ncc(Cl)c(Nc3ccc(-c4cnn5c4CCCC5)cc3P(C)(C)=O)n2)c(OC)cc1N1CCC(N2CCN(C)CC2)CC1.CCc1cc(Nc2ncc(Cl)c(Nc3ccc(Br)cc3P(C)(C)=O)n2)c(OC)cc1N1CCC(N2CCN(C)CC2)CC1. The lowest BCUT2D eigenvalue weighted by atomic mass is 9.78. The Hall–Kier alpha value is -6.80. The topological polar surface area (TPSA) is 226 Å². The van der Waals surface area contributed by atoms with Crippen molar-refractivity contribution in [3.8, 4) is 22.6 Å². The van der Waals surface area contributed by atoms with E-state index >= 15 is 0 Å². The molecule has 114 heavy (non-hydrogen) atoms. The van der Waals surface area contributed by atoms with Gasteiger partial charge in [0.05, 0.1) is 66.8 Å². The summed E-state index contributed by atoms with van der Waals surface area (Å²) >= 11 is 16.6. The van der Waals surface area contributed by atoms with Gasteiger partial charge in [-0.3, -0.25) is 19.2 Å². The predicted octanol–water partition coefficient (Wildman–Crippen LogP) is 16.1. The molecule has 0 bridgehead atoms. The summed E-state index contributed by atoms with van der Waals surface area (Å²) in [6, 6.07) is 21.6. The van der Waals surface area contributed by atoms with Crippen molar-refractivity contribution in [2.24, 2.45) is 0 Å². The first-order chi connectivity index (χ1) is 53.6. The fourth-order valence-corrected chi connectivity index (χ4v) is 19.5. The molecule has 15 rings (SSSR count). The van der Waals surface area contributed by atoms with E-state index in [4.69, 9.17) is 47.0 Å². The van der Waals surface area contributed by atoms with Crippen LogP contribution in [-0.4, -0.2) is 223 Å². The van der Waals surface area contributed by atoms with E-state index in [9.17, 15) is 9.13 Å². The molecule has 7 aliphatic heterocycles. The van der Waals surface area contributed by atoms with E-state index < -0.39 is 14.3 Å². The van der Waals surface area contributed by atoms with Crippen LogP contribution in [0.3, 0.4) is 0 Å². The minimum atomic E-state index is -2.70. The minimum Gasteiger partial charge on any atom is -0.494 e. The van der Waals surface area contributed by atoms with Gasteiger partial charge in [0.2, 0.25) is 11.9 Å². The molecular formula is C84H122BBrCl2N18O6P2. The quantitative estimate of drug-likeness (QED) is 0.0411. The molecule has 0 radical (unpaired) electrons. The number of halogens is 3. The zero-order valence-corrected chi connectivity index (χ0v) is 72.8. The molecule has 0 saturated carbocycles. The molecule has 0 spiro atoms. The number of hydrogen-bond acceptors (Lipinski definition) is 22. The molecule has 0 atom stereocenters. The summed E-state index contributed by atoms with van der Waals surface area (Å²) in [5.41, 5.74) is 13.1. The van der Waals surface area contributed by atoms with Crippen LogP contribution in [-0.2, 0) is 57.2 Å². The Morgan fingerprint density at radius 1 is 0.535 bits per heavy atom. The van der Waals surface area contributed by atoms with Crippen molar-refractivity contribution >= 4 is 134 Å². The number of aromatic nitrogens is 8.